The number of benzene rings is 1. The normalized spacial score (nSPS) is 20.3. The van der Waals surface area contributed by atoms with E-state index in [-0.39, 0.29) is 11.2 Å². The highest BCUT2D eigenvalue weighted by Crippen LogP contribution is 2.33. The summed E-state index contributed by atoms with van der Waals surface area (Å²) in [5.41, 5.74) is 1.19. The van der Waals surface area contributed by atoms with Crippen LogP contribution in [-0.4, -0.2) is 26.7 Å². The second-order valence-electron chi connectivity index (χ2n) is 6.37. The van der Waals surface area contributed by atoms with Gasteiger partial charge in [0.1, 0.15) is 5.82 Å². The van der Waals surface area contributed by atoms with Gasteiger partial charge in [-0.3, -0.25) is 0 Å². The first kappa shape index (κ1) is 14.3. The molecule has 0 radical (unpaired) electrons. The molecule has 0 saturated carbocycles. The minimum Gasteiger partial charge on any atom is -0.374 e. The first-order chi connectivity index (χ1) is 8.99. The highest BCUT2D eigenvalue weighted by Gasteiger charge is 2.31. The van der Waals surface area contributed by atoms with Gasteiger partial charge in [-0.25, -0.2) is 4.39 Å². The maximum atomic E-state index is 13.3. The van der Waals surface area contributed by atoms with Gasteiger partial charge in [0.05, 0.1) is 0 Å². The summed E-state index contributed by atoms with van der Waals surface area (Å²) < 4.78 is 13.3. The van der Waals surface area contributed by atoms with Gasteiger partial charge in [-0.1, -0.05) is 19.9 Å². The summed E-state index contributed by atoms with van der Waals surface area (Å²) in [7, 11) is 2.05. The zero-order chi connectivity index (χ0) is 13.9. The Kier molecular flexibility index (Phi) is 4.46. The van der Waals surface area contributed by atoms with Gasteiger partial charge < -0.3 is 10.2 Å². The van der Waals surface area contributed by atoms with Crippen LogP contribution in [0.25, 0.3) is 0 Å². The molecule has 2 rings (SSSR count). The Morgan fingerprint density at radius 1 is 1.42 bits per heavy atom. The number of nitrogens with zero attached hydrogens (tertiary/aromatic N) is 1. The molecular weight excluding hydrogens is 239 g/mol. The van der Waals surface area contributed by atoms with Crippen LogP contribution < -0.4 is 10.2 Å². The van der Waals surface area contributed by atoms with Crippen LogP contribution in [-0.2, 0) is 0 Å². The van der Waals surface area contributed by atoms with E-state index in [1.807, 2.05) is 13.1 Å². The highest BCUT2D eigenvalue weighted by atomic mass is 19.1. The Morgan fingerprint density at radius 2 is 2.21 bits per heavy atom. The van der Waals surface area contributed by atoms with Gasteiger partial charge in [-0.05, 0) is 55.5 Å². The van der Waals surface area contributed by atoms with Gasteiger partial charge in [0.25, 0.3) is 0 Å². The van der Waals surface area contributed by atoms with Crippen LogP contribution in [0.5, 0.6) is 0 Å². The van der Waals surface area contributed by atoms with Crippen LogP contribution in [0.3, 0.4) is 0 Å². The lowest BCUT2D eigenvalue weighted by atomic mass is 9.74. The number of piperidine rings is 1. The van der Waals surface area contributed by atoms with Crippen molar-refractivity contribution in [2.45, 2.75) is 26.7 Å². The molecular formula is C16H25FN2. The van der Waals surface area contributed by atoms with E-state index < -0.39 is 0 Å². The van der Waals surface area contributed by atoms with Crippen molar-refractivity contribution >= 4 is 5.69 Å². The third kappa shape index (κ3) is 3.69. The maximum Gasteiger partial charge on any atom is 0.125 e. The van der Waals surface area contributed by atoms with E-state index in [0.29, 0.717) is 5.92 Å². The summed E-state index contributed by atoms with van der Waals surface area (Å²) in [5.74, 6) is 0.527. The Hall–Kier alpha value is -1.09. The molecule has 1 saturated heterocycles. The molecule has 0 bridgehead atoms. The molecule has 0 aromatic heterocycles. The molecule has 3 heteroatoms. The van der Waals surface area contributed by atoms with Gasteiger partial charge in [0.2, 0.25) is 0 Å². The van der Waals surface area contributed by atoms with E-state index in [2.05, 4.69) is 24.1 Å². The Labute approximate surface area is 116 Å². The maximum absolute atomic E-state index is 13.3. The molecule has 1 N–H and O–H groups in total. The second-order valence-corrected chi connectivity index (χ2v) is 6.37. The molecule has 106 valence electrons. The zero-order valence-corrected chi connectivity index (χ0v) is 12.2. The average Bonchev–Trinajstić information content (AvgIpc) is 2.39. The fourth-order valence-corrected chi connectivity index (χ4v) is 3.06. The SMILES string of the molecule is CN(CC(C)(C)C1CCCNC1)c1cccc(F)c1. The van der Waals surface area contributed by atoms with E-state index in [9.17, 15) is 4.39 Å². The molecule has 1 atom stereocenters. The van der Waals surface area contributed by atoms with Crippen molar-refractivity contribution in [2.75, 3.05) is 31.6 Å². The number of anilines is 1. The van der Waals surface area contributed by atoms with Crippen LogP contribution in [0.2, 0.25) is 0 Å². The summed E-state index contributed by atoms with van der Waals surface area (Å²) in [6.07, 6.45) is 2.55. The van der Waals surface area contributed by atoms with Crippen LogP contribution in [0, 0.1) is 17.2 Å². The van der Waals surface area contributed by atoms with Crippen molar-refractivity contribution < 1.29 is 4.39 Å². The molecule has 1 aromatic rings. The van der Waals surface area contributed by atoms with E-state index in [1.54, 1.807) is 12.1 Å². The molecule has 1 heterocycles. The predicted molar refractivity (Wildman–Crippen MR) is 79.0 cm³/mol. The molecule has 19 heavy (non-hydrogen) atoms. The average molecular weight is 264 g/mol. The molecule has 0 aliphatic carbocycles. The fourth-order valence-electron chi connectivity index (χ4n) is 3.06. The molecule has 1 fully saturated rings. The zero-order valence-electron chi connectivity index (χ0n) is 12.2. The van der Waals surface area contributed by atoms with Crippen molar-refractivity contribution in [3.05, 3.63) is 30.1 Å². The fraction of sp³-hybridized carbons (Fsp3) is 0.625. The summed E-state index contributed by atoms with van der Waals surface area (Å²) in [6, 6.07) is 6.84. The first-order valence-corrected chi connectivity index (χ1v) is 7.16. The lowest BCUT2D eigenvalue weighted by Crippen LogP contribution is -2.44. The Bertz CT molecular complexity index is 411. The molecule has 1 unspecified atom stereocenters. The lowest BCUT2D eigenvalue weighted by Gasteiger charge is -2.40. The quantitative estimate of drug-likeness (QED) is 0.897. The Morgan fingerprint density at radius 3 is 2.84 bits per heavy atom. The first-order valence-electron chi connectivity index (χ1n) is 7.16. The molecule has 1 aromatic carbocycles. The van der Waals surface area contributed by atoms with E-state index in [0.717, 1.165) is 25.3 Å². The smallest absolute Gasteiger partial charge is 0.125 e. The lowest BCUT2D eigenvalue weighted by molar-refractivity contribution is 0.178. The third-order valence-electron chi connectivity index (χ3n) is 4.30. The molecule has 0 amide bonds. The number of nitrogens with one attached hydrogen (secondary N) is 1. The van der Waals surface area contributed by atoms with Crippen molar-refractivity contribution in [1.82, 2.24) is 5.32 Å². The van der Waals surface area contributed by atoms with Gasteiger partial charge in [0, 0.05) is 19.3 Å². The minimum atomic E-state index is -0.165. The number of rotatable bonds is 4. The predicted octanol–water partition coefficient (Wildman–Crippen LogP) is 3.29. The number of hydrogen-bond donors (Lipinski definition) is 1. The van der Waals surface area contributed by atoms with Crippen LogP contribution in [0.15, 0.2) is 24.3 Å². The second kappa shape index (κ2) is 5.91. The van der Waals surface area contributed by atoms with Gasteiger partial charge in [-0.2, -0.15) is 0 Å². The molecule has 0 spiro atoms. The van der Waals surface area contributed by atoms with Crippen molar-refractivity contribution in [2.24, 2.45) is 11.3 Å². The topological polar surface area (TPSA) is 15.3 Å². The molecule has 1 aliphatic heterocycles. The van der Waals surface area contributed by atoms with Crippen molar-refractivity contribution in [3.8, 4) is 0 Å². The van der Waals surface area contributed by atoms with Gasteiger partial charge in [0.15, 0.2) is 0 Å². The number of hydrogen-bond acceptors (Lipinski definition) is 2. The summed E-state index contributed by atoms with van der Waals surface area (Å²) in [6.45, 7) is 7.83. The van der Waals surface area contributed by atoms with Crippen molar-refractivity contribution in [3.63, 3.8) is 0 Å². The third-order valence-corrected chi connectivity index (χ3v) is 4.30. The van der Waals surface area contributed by atoms with Crippen LogP contribution >= 0.6 is 0 Å². The van der Waals surface area contributed by atoms with Crippen LogP contribution in [0.4, 0.5) is 10.1 Å². The molecule has 2 nitrogen and oxygen atoms in total. The summed E-state index contributed by atoms with van der Waals surface area (Å²) in [5, 5.41) is 3.48. The minimum absolute atomic E-state index is 0.165. The molecule has 1 aliphatic rings. The van der Waals surface area contributed by atoms with E-state index in [1.165, 1.54) is 18.9 Å². The summed E-state index contributed by atoms with van der Waals surface area (Å²) in [4.78, 5) is 2.16. The highest BCUT2D eigenvalue weighted by molar-refractivity contribution is 5.45. The summed E-state index contributed by atoms with van der Waals surface area (Å²) >= 11 is 0. The Balaban J connectivity index is 2.02. The van der Waals surface area contributed by atoms with E-state index in [4.69, 9.17) is 0 Å². The largest absolute Gasteiger partial charge is 0.374 e. The van der Waals surface area contributed by atoms with Crippen LogP contribution in [0.1, 0.15) is 26.7 Å². The van der Waals surface area contributed by atoms with Gasteiger partial charge in [-0.15, -0.1) is 0 Å². The van der Waals surface area contributed by atoms with Crippen molar-refractivity contribution in [1.29, 1.82) is 0 Å². The van der Waals surface area contributed by atoms with E-state index >= 15 is 0 Å². The standard InChI is InChI=1S/C16H25FN2/c1-16(2,13-6-5-9-18-11-13)12-19(3)15-8-4-7-14(17)10-15/h4,7-8,10,13,18H,5-6,9,11-12H2,1-3H3. The monoisotopic (exact) mass is 264 g/mol. The number of halogens is 1. The van der Waals surface area contributed by atoms with Gasteiger partial charge >= 0.3 is 0 Å².